The van der Waals surface area contributed by atoms with Crippen molar-refractivity contribution in [3.63, 3.8) is 0 Å². The molecular formula is C16H19N3O5S. The van der Waals surface area contributed by atoms with Crippen LogP contribution in [0.3, 0.4) is 0 Å². The zero-order chi connectivity index (χ0) is 18.6. The second-order valence-electron chi connectivity index (χ2n) is 6.42. The van der Waals surface area contributed by atoms with Gasteiger partial charge in [0.25, 0.3) is 6.47 Å². The van der Waals surface area contributed by atoms with Gasteiger partial charge in [0.1, 0.15) is 11.5 Å². The smallest absolute Gasteiger partial charge is 0.302 e. The lowest BCUT2D eigenvalue weighted by Crippen LogP contribution is -2.26. The average molecular weight is 365 g/mol. The summed E-state index contributed by atoms with van der Waals surface area (Å²) in [7, 11) is 0. The number of anilines is 1. The zero-order valence-corrected chi connectivity index (χ0v) is 15.0. The summed E-state index contributed by atoms with van der Waals surface area (Å²) < 4.78 is 5.54. The number of nitrogens with one attached hydrogen (secondary N) is 1. The van der Waals surface area contributed by atoms with Gasteiger partial charge in [-0.25, -0.2) is 4.98 Å². The third kappa shape index (κ3) is 4.96. The summed E-state index contributed by atoms with van der Waals surface area (Å²) in [4.78, 5) is 40.8. The highest BCUT2D eigenvalue weighted by Gasteiger charge is 2.35. The molecule has 0 aromatic carbocycles. The molecule has 0 radical (unpaired) electrons. The van der Waals surface area contributed by atoms with E-state index in [0.29, 0.717) is 30.0 Å². The second-order valence-corrected chi connectivity index (χ2v) is 7.48. The van der Waals surface area contributed by atoms with E-state index in [4.69, 9.17) is 14.3 Å². The van der Waals surface area contributed by atoms with E-state index in [9.17, 15) is 9.59 Å². The first kappa shape index (κ1) is 18.8. The summed E-state index contributed by atoms with van der Waals surface area (Å²) in [5.41, 5.74) is 0.927. The first-order valence-electron chi connectivity index (χ1n) is 7.55. The second kappa shape index (κ2) is 7.56. The van der Waals surface area contributed by atoms with Gasteiger partial charge >= 0.3 is 6.01 Å². The first-order valence-corrected chi connectivity index (χ1v) is 8.43. The molecular weight excluding hydrogens is 346 g/mol. The minimum absolute atomic E-state index is 0.0365. The number of oxazole rings is 1. The number of rotatable bonds is 3. The van der Waals surface area contributed by atoms with Gasteiger partial charge in [-0.1, -0.05) is 13.8 Å². The quantitative estimate of drug-likeness (QED) is 0.801. The molecule has 0 aliphatic heterocycles. The average Bonchev–Trinajstić information content (AvgIpc) is 3.04. The predicted octanol–water partition coefficient (Wildman–Crippen LogP) is 2.48. The van der Waals surface area contributed by atoms with E-state index in [1.807, 2.05) is 26.2 Å². The molecule has 0 saturated carbocycles. The summed E-state index contributed by atoms with van der Waals surface area (Å²) >= 11 is 1.50. The Labute approximate surface area is 148 Å². The van der Waals surface area contributed by atoms with Crippen LogP contribution in [0.5, 0.6) is 0 Å². The summed E-state index contributed by atoms with van der Waals surface area (Å²) in [6, 6.07) is 0.0907. The minimum Gasteiger partial charge on any atom is -0.483 e. The van der Waals surface area contributed by atoms with Gasteiger partial charge in [0, 0.05) is 18.2 Å². The third-order valence-electron chi connectivity index (χ3n) is 3.49. The number of fused-ring (bicyclic) bond motifs is 1. The molecule has 2 aromatic heterocycles. The lowest BCUT2D eigenvalue weighted by Gasteiger charge is -2.25. The molecule has 0 saturated heterocycles. The van der Waals surface area contributed by atoms with Gasteiger partial charge in [-0.15, -0.1) is 11.3 Å². The van der Waals surface area contributed by atoms with E-state index in [-0.39, 0.29) is 36.0 Å². The van der Waals surface area contributed by atoms with E-state index in [1.54, 1.807) is 0 Å². The van der Waals surface area contributed by atoms with Crippen molar-refractivity contribution < 1.29 is 23.9 Å². The molecule has 0 atom stereocenters. The van der Waals surface area contributed by atoms with Crippen LogP contribution < -0.4 is 5.32 Å². The lowest BCUT2D eigenvalue weighted by atomic mass is 9.78. The van der Waals surface area contributed by atoms with Gasteiger partial charge in [-0.05, 0) is 12.3 Å². The van der Waals surface area contributed by atoms with Crippen molar-refractivity contribution >= 4 is 35.5 Å². The van der Waals surface area contributed by atoms with E-state index in [2.05, 4.69) is 15.3 Å². The number of hydrogen-bond acceptors (Lipinski definition) is 7. The molecule has 8 nitrogen and oxygen atoms in total. The third-order valence-corrected chi connectivity index (χ3v) is 4.32. The van der Waals surface area contributed by atoms with Gasteiger partial charge < -0.3 is 9.52 Å². The Kier molecular flexibility index (Phi) is 5.68. The highest BCUT2D eigenvalue weighted by atomic mass is 32.1. The molecule has 2 heterocycles. The monoisotopic (exact) mass is 365 g/mol. The first-order chi connectivity index (χ1) is 11.7. The van der Waals surface area contributed by atoms with Gasteiger partial charge in [0.15, 0.2) is 5.78 Å². The number of ketones is 1. The van der Waals surface area contributed by atoms with E-state index < -0.39 is 0 Å². The maximum Gasteiger partial charge on any atom is 0.302 e. The highest BCUT2D eigenvalue weighted by molar-refractivity contribution is 7.09. The molecule has 0 unspecified atom stereocenters. The molecule has 9 heteroatoms. The van der Waals surface area contributed by atoms with Crippen LogP contribution in [0.2, 0.25) is 0 Å². The maximum absolute atomic E-state index is 12.1. The Morgan fingerprint density at radius 2 is 2.12 bits per heavy atom. The van der Waals surface area contributed by atoms with Gasteiger partial charge in [-0.3, -0.25) is 19.7 Å². The van der Waals surface area contributed by atoms with E-state index >= 15 is 0 Å². The Morgan fingerprint density at radius 1 is 1.44 bits per heavy atom. The van der Waals surface area contributed by atoms with Crippen LogP contribution in [0.25, 0.3) is 0 Å². The largest absolute Gasteiger partial charge is 0.483 e. The fourth-order valence-corrected chi connectivity index (χ4v) is 3.19. The molecule has 3 rings (SSSR count). The molecule has 2 aromatic rings. The van der Waals surface area contributed by atoms with Crippen molar-refractivity contribution in [2.75, 3.05) is 5.32 Å². The Hall–Kier alpha value is -2.55. The lowest BCUT2D eigenvalue weighted by molar-refractivity contribution is -0.123. The van der Waals surface area contributed by atoms with Crippen LogP contribution in [0.1, 0.15) is 47.2 Å². The van der Waals surface area contributed by atoms with Crippen LogP contribution in [0.4, 0.5) is 6.01 Å². The van der Waals surface area contributed by atoms with E-state index in [1.165, 1.54) is 11.3 Å². The standard InChI is InChI=1S/C15H17N3O3S.CH2O2/c1-8-16-9(7-22-8)4-12(20)17-14-18-13-10(19)5-15(2,3)6-11(13)21-14;2-1-3/h7H,4-6H2,1-3H3,(H,17,18,20);1H,(H,2,3). The van der Waals surface area contributed by atoms with Crippen LogP contribution >= 0.6 is 11.3 Å². The number of thiazole rings is 1. The molecule has 1 amide bonds. The fourth-order valence-electron chi connectivity index (χ4n) is 2.58. The van der Waals surface area contributed by atoms with Crippen molar-refractivity contribution in [1.82, 2.24) is 9.97 Å². The van der Waals surface area contributed by atoms with Gasteiger partial charge in [-0.2, -0.15) is 4.98 Å². The molecule has 0 fully saturated rings. The highest BCUT2D eigenvalue weighted by Crippen LogP contribution is 2.35. The Morgan fingerprint density at radius 3 is 2.72 bits per heavy atom. The number of aryl methyl sites for hydroxylation is 1. The number of aromatic nitrogens is 2. The summed E-state index contributed by atoms with van der Waals surface area (Å²) in [6.45, 7) is 5.67. The van der Waals surface area contributed by atoms with Crippen molar-refractivity contribution in [3.8, 4) is 0 Å². The number of hydrogen-bond donors (Lipinski definition) is 2. The van der Waals surface area contributed by atoms with Crippen molar-refractivity contribution in [2.45, 2.75) is 40.0 Å². The summed E-state index contributed by atoms with van der Waals surface area (Å²) in [6.07, 6.45) is 1.25. The van der Waals surface area contributed by atoms with Crippen LogP contribution in [0, 0.1) is 12.3 Å². The van der Waals surface area contributed by atoms with Crippen LogP contribution in [-0.2, 0) is 22.4 Å². The van der Waals surface area contributed by atoms with Crippen LogP contribution in [-0.4, -0.2) is 33.2 Å². The maximum atomic E-state index is 12.1. The number of amides is 1. The molecule has 1 aliphatic carbocycles. The molecule has 0 spiro atoms. The molecule has 134 valence electrons. The van der Waals surface area contributed by atoms with Crippen LogP contribution in [0.15, 0.2) is 9.80 Å². The number of carboxylic acid groups (broad SMARTS) is 1. The molecule has 0 bridgehead atoms. The number of carbonyl (C=O) groups excluding carboxylic acids is 2. The van der Waals surface area contributed by atoms with Crippen molar-refractivity contribution in [2.24, 2.45) is 5.41 Å². The fraction of sp³-hybridized carbons (Fsp3) is 0.438. The minimum atomic E-state index is -0.254. The topological polar surface area (TPSA) is 122 Å². The molecule has 25 heavy (non-hydrogen) atoms. The molecule has 2 N–H and O–H groups in total. The summed E-state index contributed by atoms with van der Waals surface area (Å²) in [5.74, 6) is 0.266. The molecule has 1 aliphatic rings. The normalized spacial score (nSPS) is 14.9. The van der Waals surface area contributed by atoms with Gasteiger partial charge in [0.2, 0.25) is 5.91 Å². The number of nitrogens with zero attached hydrogens (tertiary/aromatic N) is 2. The number of carbonyl (C=O) groups is 3. The predicted molar refractivity (Wildman–Crippen MR) is 90.8 cm³/mol. The Bertz CT molecular complexity index is 794. The van der Waals surface area contributed by atoms with Crippen molar-refractivity contribution in [1.29, 1.82) is 0 Å². The van der Waals surface area contributed by atoms with Crippen molar-refractivity contribution in [3.05, 3.63) is 27.5 Å². The Balaban J connectivity index is 0.000000701. The zero-order valence-electron chi connectivity index (χ0n) is 14.2. The SMILES string of the molecule is Cc1nc(CC(=O)Nc2nc3c(o2)CC(C)(C)CC3=O)cs1.O=CO. The van der Waals surface area contributed by atoms with E-state index in [0.717, 1.165) is 5.01 Å². The van der Waals surface area contributed by atoms with Gasteiger partial charge in [0.05, 0.1) is 17.1 Å². The number of Topliss-reactive ketones (excluding diaryl/α,β-unsaturated/α-hetero) is 1. The summed E-state index contributed by atoms with van der Waals surface area (Å²) in [5, 5.41) is 12.3.